The maximum absolute atomic E-state index is 12.3. The number of nitrogens with zero attached hydrogens (tertiary/aromatic N) is 1. The standard InChI is InChI=1S/C23H32N4O2.HI/c1-5-17(2)27-22(28)20-8-6-7-19(15-20)16-26-23(24-3)25-14-13-18-9-11-21(29-4)12-10-18;/h6-12,15,17H,5,13-14,16H2,1-4H3,(H,27,28)(H2,24,25,26);1H. The van der Waals surface area contributed by atoms with Gasteiger partial charge in [-0.05, 0) is 55.2 Å². The predicted octanol–water partition coefficient (Wildman–Crippen LogP) is 3.75. The average molecular weight is 524 g/mol. The van der Waals surface area contributed by atoms with Gasteiger partial charge in [0.25, 0.3) is 5.91 Å². The molecule has 164 valence electrons. The third-order valence-corrected chi connectivity index (χ3v) is 4.73. The van der Waals surface area contributed by atoms with Crippen molar-refractivity contribution in [3.63, 3.8) is 0 Å². The minimum Gasteiger partial charge on any atom is -0.497 e. The van der Waals surface area contributed by atoms with Crippen LogP contribution >= 0.6 is 24.0 Å². The zero-order valence-electron chi connectivity index (χ0n) is 18.2. The molecule has 7 heteroatoms. The van der Waals surface area contributed by atoms with Gasteiger partial charge in [-0.1, -0.05) is 31.2 Å². The van der Waals surface area contributed by atoms with E-state index in [-0.39, 0.29) is 35.9 Å². The molecule has 3 N–H and O–H groups in total. The van der Waals surface area contributed by atoms with Gasteiger partial charge < -0.3 is 20.7 Å². The van der Waals surface area contributed by atoms with Gasteiger partial charge in [0.2, 0.25) is 0 Å². The fraction of sp³-hybridized carbons (Fsp3) is 0.391. The number of hydrogen-bond donors (Lipinski definition) is 3. The molecular formula is C23H33IN4O2. The lowest BCUT2D eigenvalue weighted by Gasteiger charge is -2.14. The molecule has 0 aliphatic heterocycles. The summed E-state index contributed by atoms with van der Waals surface area (Å²) in [5.41, 5.74) is 2.93. The zero-order valence-corrected chi connectivity index (χ0v) is 20.5. The first-order valence-corrected chi connectivity index (χ1v) is 10.0. The summed E-state index contributed by atoms with van der Waals surface area (Å²) < 4.78 is 5.18. The summed E-state index contributed by atoms with van der Waals surface area (Å²) >= 11 is 0. The van der Waals surface area contributed by atoms with Crippen molar-refractivity contribution in [1.82, 2.24) is 16.0 Å². The Bertz CT molecular complexity index is 809. The van der Waals surface area contributed by atoms with Crippen molar-refractivity contribution >= 4 is 35.8 Å². The topological polar surface area (TPSA) is 74.8 Å². The van der Waals surface area contributed by atoms with E-state index in [4.69, 9.17) is 4.74 Å². The predicted molar refractivity (Wildman–Crippen MR) is 134 cm³/mol. The summed E-state index contributed by atoms with van der Waals surface area (Å²) in [6, 6.07) is 15.9. The molecule has 2 aromatic carbocycles. The van der Waals surface area contributed by atoms with E-state index < -0.39 is 0 Å². The van der Waals surface area contributed by atoms with E-state index in [1.54, 1.807) is 14.2 Å². The van der Waals surface area contributed by atoms with E-state index >= 15 is 0 Å². The first kappa shape index (κ1) is 25.7. The van der Waals surface area contributed by atoms with Crippen LogP contribution < -0.4 is 20.7 Å². The lowest BCUT2D eigenvalue weighted by molar-refractivity contribution is 0.0939. The number of hydrogen-bond acceptors (Lipinski definition) is 3. The molecule has 1 amide bonds. The Morgan fingerprint density at radius 2 is 1.83 bits per heavy atom. The summed E-state index contributed by atoms with van der Waals surface area (Å²) in [5.74, 6) is 1.55. The van der Waals surface area contributed by atoms with E-state index in [2.05, 4.69) is 40.0 Å². The van der Waals surface area contributed by atoms with Crippen LogP contribution in [0.25, 0.3) is 0 Å². The van der Waals surface area contributed by atoms with Crippen LogP contribution in [0.15, 0.2) is 53.5 Å². The van der Waals surface area contributed by atoms with Gasteiger partial charge >= 0.3 is 0 Å². The molecule has 6 nitrogen and oxygen atoms in total. The number of methoxy groups -OCH3 is 1. The number of benzene rings is 2. The number of aliphatic imine (C=N–C) groups is 1. The number of amides is 1. The molecule has 0 saturated heterocycles. The van der Waals surface area contributed by atoms with Crippen LogP contribution in [0.1, 0.15) is 41.8 Å². The molecule has 0 aliphatic carbocycles. The van der Waals surface area contributed by atoms with Gasteiger partial charge in [-0.15, -0.1) is 24.0 Å². The molecule has 2 rings (SSSR count). The highest BCUT2D eigenvalue weighted by Gasteiger charge is 2.09. The Morgan fingerprint density at radius 1 is 1.10 bits per heavy atom. The quantitative estimate of drug-likeness (QED) is 0.266. The molecule has 0 fully saturated rings. The van der Waals surface area contributed by atoms with Crippen molar-refractivity contribution in [2.75, 3.05) is 20.7 Å². The van der Waals surface area contributed by atoms with Crippen LogP contribution in [-0.4, -0.2) is 38.6 Å². The Morgan fingerprint density at radius 3 is 2.47 bits per heavy atom. The van der Waals surface area contributed by atoms with E-state index in [0.717, 1.165) is 36.7 Å². The Hall–Kier alpha value is -2.29. The summed E-state index contributed by atoms with van der Waals surface area (Å²) in [7, 11) is 3.42. The largest absolute Gasteiger partial charge is 0.497 e. The molecule has 2 aromatic rings. The van der Waals surface area contributed by atoms with Crippen LogP contribution in [0.3, 0.4) is 0 Å². The highest BCUT2D eigenvalue weighted by atomic mass is 127. The number of ether oxygens (including phenoxy) is 1. The van der Waals surface area contributed by atoms with Gasteiger partial charge in [0.05, 0.1) is 7.11 Å². The number of halogens is 1. The normalized spacial score (nSPS) is 11.8. The average Bonchev–Trinajstić information content (AvgIpc) is 2.76. The first-order chi connectivity index (χ1) is 14.0. The number of nitrogens with one attached hydrogen (secondary N) is 3. The smallest absolute Gasteiger partial charge is 0.251 e. The van der Waals surface area contributed by atoms with Gasteiger partial charge in [-0.2, -0.15) is 0 Å². The minimum absolute atomic E-state index is 0. The highest BCUT2D eigenvalue weighted by molar-refractivity contribution is 14.0. The fourth-order valence-corrected chi connectivity index (χ4v) is 2.76. The summed E-state index contributed by atoms with van der Waals surface area (Å²) in [6.45, 7) is 5.42. The SMILES string of the molecule is CCC(C)NC(=O)c1cccc(CNC(=NC)NCCc2ccc(OC)cc2)c1.I. The number of carbonyl (C=O) groups is 1. The Balaban J connectivity index is 0.00000450. The second-order valence-electron chi connectivity index (χ2n) is 6.93. The van der Waals surface area contributed by atoms with Crippen LogP contribution in [0.4, 0.5) is 0 Å². The van der Waals surface area contributed by atoms with E-state index in [0.29, 0.717) is 12.1 Å². The lowest BCUT2D eigenvalue weighted by atomic mass is 10.1. The van der Waals surface area contributed by atoms with Crippen molar-refractivity contribution in [3.05, 3.63) is 65.2 Å². The molecule has 30 heavy (non-hydrogen) atoms. The molecule has 1 unspecified atom stereocenters. The minimum atomic E-state index is -0.0387. The van der Waals surface area contributed by atoms with Crippen LogP contribution in [0.5, 0.6) is 5.75 Å². The molecule has 0 aromatic heterocycles. The third kappa shape index (κ3) is 8.61. The van der Waals surface area contributed by atoms with Gasteiger partial charge in [-0.3, -0.25) is 9.79 Å². The van der Waals surface area contributed by atoms with Crippen LogP contribution in [0, 0.1) is 0 Å². The second kappa shape index (κ2) is 13.8. The number of carbonyl (C=O) groups excluding carboxylic acids is 1. The number of rotatable bonds is 9. The maximum Gasteiger partial charge on any atom is 0.251 e. The van der Waals surface area contributed by atoms with Gasteiger partial charge in [-0.25, -0.2) is 0 Å². The zero-order chi connectivity index (χ0) is 21.1. The molecule has 0 radical (unpaired) electrons. The molecule has 0 saturated carbocycles. The van der Waals surface area contributed by atoms with Crippen LogP contribution in [-0.2, 0) is 13.0 Å². The first-order valence-electron chi connectivity index (χ1n) is 10.0. The van der Waals surface area contributed by atoms with Gasteiger partial charge in [0, 0.05) is 31.7 Å². The molecule has 0 aliphatic rings. The van der Waals surface area contributed by atoms with Crippen molar-refractivity contribution in [2.24, 2.45) is 4.99 Å². The van der Waals surface area contributed by atoms with E-state index in [1.165, 1.54) is 5.56 Å². The van der Waals surface area contributed by atoms with E-state index in [1.807, 2.05) is 43.3 Å². The molecule has 0 bridgehead atoms. The maximum atomic E-state index is 12.3. The Kier molecular flexibility index (Phi) is 11.9. The molecular weight excluding hydrogens is 491 g/mol. The molecule has 1 atom stereocenters. The molecule has 0 heterocycles. The number of guanidine groups is 1. The van der Waals surface area contributed by atoms with E-state index in [9.17, 15) is 4.79 Å². The summed E-state index contributed by atoms with van der Waals surface area (Å²) in [6.07, 6.45) is 1.79. The van der Waals surface area contributed by atoms with Crippen LogP contribution in [0.2, 0.25) is 0 Å². The highest BCUT2D eigenvalue weighted by Crippen LogP contribution is 2.11. The second-order valence-corrected chi connectivity index (χ2v) is 6.93. The fourth-order valence-electron chi connectivity index (χ4n) is 2.76. The van der Waals surface area contributed by atoms with Crippen molar-refractivity contribution in [2.45, 2.75) is 39.3 Å². The van der Waals surface area contributed by atoms with Crippen molar-refractivity contribution in [3.8, 4) is 5.75 Å². The van der Waals surface area contributed by atoms with Gasteiger partial charge in [0.1, 0.15) is 5.75 Å². The Labute approximate surface area is 196 Å². The third-order valence-electron chi connectivity index (χ3n) is 4.73. The molecule has 0 spiro atoms. The lowest BCUT2D eigenvalue weighted by Crippen LogP contribution is -2.38. The van der Waals surface area contributed by atoms with Crippen molar-refractivity contribution < 1.29 is 9.53 Å². The summed E-state index contributed by atoms with van der Waals surface area (Å²) in [4.78, 5) is 16.6. The monoisotopic (exact) mass is 524 g/mol. The van der Waals surface area contributed by atoms with Crippen molar-refractivity contribution in [1.29, 1.82) is 0 Å². The summed E-state index contributed by atoms with van der Waals surface area (Å²) in [5, 5.41) is 9.61. The van der Waals surface area contributed by atoms with Gasteiger partial charge in [0.15, 0.2) is 5.96 Å².